The molecule has 0 atom stereocenters. The van der Waals surface area contributed by atoms with Crippen molar-refractivity contribution in [3.63, 3.8) is 0 Å². The summed E-state index contributed by atoms with van der Waals surface area (Å²) in [5, 5.41) is 0. The van der Waals surface area contributed by atoms with Crippen LogP contribution in [0.25, 0.3) is 0 Å². The number of amides is 1. The van der Waals surface area contributed by atoms with Crippen molar-refractivity contribution >= 4 is 5.91 Å². The number of hydrogen-bond acceptors (Lipinski definition) is 2. The Morgan fingerprint density at radius 1 is 1.50 bits per heavy atom. The van der Waals surface area contributed by atoms with E-state index in [0.717, 1.165) is 0 Å². The number of hydrogen-bond donors (Lipinski definition) is 1. The first-order valence-electron chi connectivity index (χ1n) is 5.02. The molecule has 1 heterocycles. The molecular formula is C12H13N3O. The summed E-state index contributed by atoms with van der Waals surface area (Å²) >= 11 is 0. The smallest absolute Gasteiger partial charge is 0.268 e. The minimum atomic E-state index is -0.497. The number of nitrogens with zero attached hydrogens (tertiary/aromatic N) is 2. The van der Waals surface area contributed by atoms with Crippen LogP contribution < -0.4 is 5.73 Å². The van der Waals surface area contributed by atoms with E-state index in [1.807, 2.05) is 29.7 Å². The lowest BCUT2D eigenvalue weighted by atomic mass is 10.1. The number of benzene rings is 1. The van der Waals surface area contributed by atoms with Gasteiger partial charge in [-0.3, -0.25) is 4.79 Å². The third-order valence-corrected chi connectivity index (χ3v) is 2.33. The molecule has 0 aliphatic heterocycles. The number of carbonyl (C=O) groups excluding carboxylic acids is 1. The normalized spacial score (nSPS) is 10.3. The van der Waals surface area contributed by atoms with Crippen LogP contribution in [0.1, 0.15) is 21.6 Å². The van der Waals surface area contributed by atoms with Gasteiger partial charge in [-0.1, -0.05) is 29.8 Å². The Bertz CT molecular complexity index is 516. The van der Waals surface area contributed by atoms with Gasteiger partial charge in [0.05, 0.1) is 6.33 Å². The van der Waals surface area contributed by atoms with Crippen LogP contribution in [-0.4, -0.2) is 15.5 Å². The van der Waals surface area contributed by atoms with Crippen LogP contribution >= 0.6 is 0 Å². The second-order valence-corrected chi connectivity index (χ2v) is 3.78. The first-order valence-corrected chi connectivity index (χ1v) is 5.02. The van der Waals surface area contributed by atoms with E-state index in [-0.39, 0.29) is 0 Å². The molecular weight excluding hydrogens is 202 g/mol. The van der Waals surface area contributed by atoms with Gasteiger partial charge >= 0.3 is 0 Å². The number of nitrogens with two attached hydrogens (primary N) is 1. The highest BCUT2D eigenvalue weighted by molar-refractivity contribution is 5.90. The van der Waals surface area contributed by atoms with Gasteiger partial charge in [-0.2, -0.15) is 0 Å². The SMILES string of the molecule is Cc1cccc(Cn2cnc(C(N)=O)c2)c1. The van der Waals surface area contributed by atoms with Crippen molar-refractivity contribution < 1.29 is 4.79 Å². The Morgan fingerprint density at radius 2 is 2.31 bits per heavy atom. The Morgan fingerprint density at radius 3 is 2.94 bits per heavy atom. The van der Waals surface area contributed by atoms with Gasteiger partial charge in [0.15, 0.2) is 0 Å². The van der Waals surface area contributed by atoms with E-state index in [1.54, 1.807) is 12.5 Å². The maximum absolute atomic E-state index is 10.9. The zero-order chi connectivity index (χ0) is 11.5. The number of imidazole rings is 1. The molecule has 4 heteroatoms. The standard InChI is InChI=1S/C12H13N3O/c1-9-3-2-4-10(5-9)6-15-7-11(12(13)16)14-8-15/h2-5,7-8H,6H2,1H3,(H2,13,16). The Kier molecular flexibility index (Phi) is 2.72. The largest absolute Gasteiger partial charge is 0.364 e. The predicted octanol–water partition coefficient (Wildman–Crippen LogP) is 1.34. The van der Waals surface area contributed by atoms with Crippen LogP contribution in [0.5, 0.6) is 0 Å². The van der Waals surface area contributed by atoms with Crippen LogP contribution in [0, 0.1) is 6.92 Å². The third-order valence-electron chi connectivity index (χ3n) is 2.33. The molecule has 0 unspecified atom stereocenters. The number of aryl methyl sites for hydroxylation is 1. The highest BCUT2D eigenvalue weighted by Gasteiger charge is 2.04. The molecule has 4 nitrogen and oxygen atoms in total. The number of aromatic nitrogens is 2. The van der Waals surface area contributed by atoms with E-state index in [2.05, 4.69) is 11.1 Å². The van der Waals surface area contributed by atoms with Gasteiger partial charge < -0.3 is 10.3 Å². The van der Waals surface area contributed by atoms with Gasteiger partial charge in [-0.05, 0) is 12.5 Å². The average molecular weight is 215 g/mol. The molecule has 82 valence electrons. The molecule has 0 aliphatic rings. The molecule has 2 aromatic rings. The van der Waals surface area contributed by atoms with Crippen LogP contribution in [0.2, 0.25) is 0 Å². The van der Waals surface area contributed by atoms with E-state index in [1.165, 1.54) is 11.1 Å². The first-order chi connectivity index (χ1) is 7.65. The zero-order valence-corrected chi connectivity index (χ0v) is 9.05. The summed E-state index contributed by atoms with van der Waals surface area (Å²) in [7, 11) is 0. The maximum atomic E-state index is 10.9. The van der Waals surface area contributed by atoms with E-state index in [9.17, 15) is 4.79 Å². The van der Waals surface area contributed by atoms with Gasteiger partial charge in [-0.15, -0.1) is 0 Å². The highest BCUT2D eigenvalue weighted by atomic mass is 16.1. The molecule has 0 bridgehead atoms. The van der Waals surface area contributed by atoms with E-state index in [0.29, 0.717) is 12.2 Å². The lowest BCUT2D eigenvalue weighted by Gasteiger charge is -2.02. The molecule has 2 rings (SSSR count). The van der Waals surface area contributed by atoms with Gasteiger partial charge in [0.25, 0.3) is 5.91 Å². The summed E-state index contributed by atoms with van der Waals surface area (Å²) in [5.74, 6) is -0.497. The molecule has 0 spiro atoms. The molecule has 2 N–H and O–H groups in total. The van der Waals surface area contributed by atoms with Crippen LogP contribution in [0.4, 0.5) is 0 Å². The molecule has 16 heavy (non-hydrogen) atoms. The second-order valence-electron chi connectivity index (χ2n) is 3.78. The molecule has 1 aromatic heterocycles. The molecule has 0 saturated heterocycles. The Hall–Kier alpha value is -2.10. The van der Waals surface area contributed by atoms with Crippen LogP contribution in [-0.2, 0) is 6.54 Å². The highest BCUT2D eigenvalue weighted by Crippen LogP contribution is 2.06. The number of carbonyl (C=O) groups is 1. The summed E-state index contributed by atoms with van der Waals surface area (Å²) in [5.41, 5.74) is 7.82. The molecule has 0 saturated carbocycles. The van der Waals surface area contributed by atoms with Crippen LogP contribution in [0.3, 0.4) is 0 Å². The maximum Gasteiger partial charge on any atom is 0.268 e. The van der Waals surface area contributed by atoms with Crippen molar-refractivity contribution in [2.45, 2.75) is 13.5 Å². The lowest BCUT2D eigenvalue weighted by molar-refractivity contribution is 0.0996. The lowest BCUT2D eigenvalue weighted by Crippen LogP contribution is -2.11. The fraction of sp³-hybridized carbons (Fsp3) is 0.167. The van der Waals surface area contributed by atoms with E-state index >= 15 is 0 Å². The fourth-order valence-corrected chi connectivity index (χ4v) is 1.60. The Labute approximate surface area is 93.7 Å². The molecule has 0 aliphatic carbocycles. The molecule has 0 radical (unpaired) electrons. The first kappa shape index (κ1) is 10.4. The summed E-state index contributed by atoms with van der Waals surface area (Å²) in [6.45, 7) is 2.74. The van der Waals surface area contributed by atoms with Crippen LogP contribution in [0.15, 0.2) is 36.8 Å². The van der Waals surface area contributed by atoms with Crippen molar-refractivity contribution in [3.05, 3.63) is 53.6 Å². The van der Waals surface area contributed by atoms with Crippen molar-refractivity contribution in [1.82, 2.24) is 9.55 Å². The summed E-state index contributed by atoms with van der Waals surface area (Å²) in [6.07, 6.45) is 3.27. The van der Waals surface area contributed by atoms with E-state index in [4.69, 9.17) is 5.73 Å². The summed E-state index contributed by atoms with van der Waals surface area (Å²) in [4.78, 5) is 14.8. The van der Waals surface area contributed by atoms with Crippen molar-refractivity contribution in [2.75, 3.05) is 0 Å². The van der Waals surface area contributed by atoms with Gasteiger partial charge in [0.1, 0.15) is 5.69 Å². The van der Waals surface area contributed by atoms with Crippen molar-refractivity contribution in [1.29, 1.82) is 0 Å². The zero-order valence-electron chi connectivity index (χ0n) is 9.05. The molecule has 1 aromatic carbocycles. The quantitative estimate of drug-likeness (QED) is 0.839. The second kappa shape index (κ2) is 4.18. The van der Waals surface area contributed by atoms with Gasteiger partial charge in [-0.25, -0.2) is 4.98 Å². The average Bonchev–Trinajstić information content (AvgIpc) is 2.66. The fourth-order valence-electron chi connectivity index (χ4n) is 1.60. The van der Waals surface area contributed by atoms with Gasteiger partial charge in [0.2, 0.25) is 0 Å². The van der Waals surface area contributed by atoms with Crippen molar-refractivity contribution in [2.24, 2.45) is 5.73 Å². The minimum Gasteiger partial charge on any atom is -0.364 e. The molecule has 1 amide bonds. The number of rotatable bonds is 3. The minimum absolute atomic E-state index is 0.299. The Balaban J connectivity index is 2.17. The topological polar surface area (TPSA) is 60.9 Å². The predicted molar refractivity (Wildman–Crippen MR) is 61.0 cm³/mol. The monoisotopic (exact) mass is 215 g/mol. The third kappa shape index (κ3) is 2.28. The summed E-state index contributed by atoms with van der Waals surface area (Å²) in [6, 6.07) is 8.20. The van der Waals surface area contributed by atoms with Gasteiger partial charge in [0, 0.05) is 12.7 Å². The molecule has 0 fully saturated rings. The van der Waals surface area contributed by atoms with Crippen molar-refractivity contribution in [3.8, 4) is 0 Å². The van der Waals surface area contributed by atoms with E-state index < -0.39 is 5.91 Å². The number of primary amides is 1. The summed E-state index contributed by atoms with van der Waals surface area (Å²) < 4.78 is 1.84.